The second-order valence-corrected chi connectivity index (χ2v) is 4.49. The van der Waals surface area contributed by atoms with Crippen LogP contribution in [-0.2, 0) is 0 Å². The van der Waals surface area contributed by atoms with Crippen molar-refractivity contribution in [2.24, 2.45) is 0 Å². The van der Waals surface area contributed by atoms with E-state index >= 15 is 0 Å². The first-order valence-corrected chi connectivity index (χ1v) is 6.75. The molecule has 0 aliphatic rings. The van der Waals surface area contributed by atoms with E-state index in [1.165, 1.54) is 0 Å². The Balaban J connectivity index is 1.85. The molecule has 1 aromatic carbocycles. The summed E-state index contributed by atoms with van der Waals surface area (Å²) in [6, 6.07) is 7.93. The van der Waals surface area contributed by atoms with E-state index in [9.17, 15) is 0 Å². The molecule has 0 spiro atoms. The average molecular weight is 280 g/mol. The van der Waals surface area contributed by atoms with Gasteiger partial charge in [0, 0.05) is 12.4 Å². The minimum atomic E-state index is 0.668. The number of nitrogens with zero attached hydrogens (tertiary/aromatic N) is 3. The van der Waals surface area contributed by atoms with Crippen molar-refractivity contribution >= 4 is 6.20 Å². The van der Waals surface area contributed by atoms with Gasteiger partial charge in [0.05, 0.1) is 30.3 Å². The number of hydrogen-bond donors (Lipinski definition) is 1. The Bertz CT molecular complexity index is 740. The lowest BCUT2D eigenvalue weighted by Gasteiger charge is -2.03. The minimum absolute atomic E-state index is 0.668. The Morgan fingerprint density at radius 1 is 1.24 bits per heavy atom. The van der Waals surface area contributed by atoms with Crippen LogP contribution in [0.15, 0.2) is 49.4 Å². The third kappa shape index (κ3) is 2.72. The lowest BCUT2D eigenvalue weighted by atomic mass is 10.2. The lowest BCUT2D eigenvalue weighted by Crippen LogP contribution is -1.90. The summed E-state index contributed by atoms with van der Waals surface area (Å²) in [4.78, 5) is 7.69. The summed E-state index contributed by atoms with van der Waals surface area (Å²) in [5.41, 5.74) is 2.94. The number of aromatic nitrogens is 4. The summed E-state index contributed by atoms with van der Waals surface area (Å²) in [5.74, 6) is 1.65. The van der Waals surface area contributed by atoms with Crippen molar-refractivity contribution in [1.82, 2.24) is 19.7 Å². The molecule has 0 aliphatic heterocycles. The Morgan fingerprint density at radius 2 is 2.05 bits per heavy atom. The average Bonchev–Trinajstić information content (AvgIpc) is 3.17. The first-order chi connectivity index (χ1) is 10.3. The molecule has 3 rings (SSSR count). The van der Waals surface area contributed by atoms with Gasteiger partial charge in [-0.15, -0.1) is 0 Å². The summed E-state index contributed by atoms with van der Waals surface area (Å²) >= 11 is 0. The standard InChI is InChI=1S/C16H16N4O/c1-3-20-11-13(9-18-20)16-17-10-15(19-16)12-5-7-14(8-6-12)21-4-2/h3,5-11H,1,4H2,2H3,(H,17,19). The second-order valence-electron chi connectivity index (χ2n) is 4.49. The zero-order valence-corrected chi connectivity index (χ0v) is 11.8. The Kier molecular flexibility index (Phi) is 3.55. The Hall–Kier alpha value is -2.82. The van der Waals surface area contributed by atoms with Crippen LogP contribution < -0.4 is 4.74 Å². The summed E-state index contributed by atoms with van der Waals surface area (Å²) in [7, 11) is 0. The molecule has 3 aromatic rings. The molecule has 0 atom stereocenters. The second kappa shape index (κ2) is 5.66. The van der Waals surface area contributed by atoms with E-state index < -0.39 is 0 Å². The van der Waals surface area contributed by atoms with E-state index in [2.05, 4.69) is 21.6 Å². The van der Waals surface area contributed by atoms with Gasteiger partial charge in [0.25, 0.3) is 0 Å². The van der Waals surface area contributed by atoms with Gasteiger partial charge in [0.1, 0.15) is 11.6 Å². The summed E-state index contributed by atoms with van der Waals surface area (Å²) in [5, 5.41) is 4.15. The van der Waals surface area contributed by atoms with Gasteiger partial charge in [-0.2, -0.15) is 5.10 Å². The van der Waals surface area contributed by atoms with E-state index in [4.69, 9.17) is 4.74 Å². The van der Waals surface area contributed by atoms with Crippen LogP contribution in [0.4, 0.5) is 0 Å². The lowest BCUT2D eigenvalue weighted by molar-refractivity contribution is 0.340. The molecular formula is C16H16N4O. The van der Waals surface area contributed by atoms with E-state index in [0.717, 1.165) is 28.4 Å². The molecule has 2 aromatic heterocycles. The molecule has 0 fully saturated rings. The molecule has 0 aliphatic carbocycles. The van der Waals surface area contributed by atoms with Crippen molar-refractivity contribution in [3.63, 3.8) is 0 Å². The summed E-state index contributed by atoms with van der Waals surface area (Å²) in [6.07, 6.45) is 7.08. The summed E-state index contributed by atoms with van der Waals surface area (Å²) in [6.45, 7) is 6.31. The van der Waals surface area contributed by atoms with Crippen LogP contribution in [0.1, 0.15) is 6.92 Å². The topological polar surface area (TPSA) is 55.7 Å². The van der Waals surface area contributed by atoms with E-state index in [-0.39, 0.29) is 0 Å². The van der Waals surface area contributed by atoms with Crippen LogP contribution in [0.2, 0.25) is 0 Å². The summed E-state index contributed by atoms with van der Waals surface area (Å²) < 4.78 is 7.09. The van der Waals surface area contributed by atoms with Crippen LogP contribution in [-0.4, -0.2) is 26.4 Å². The van der Waals surface area contributed by atoms with E-state index in [1.807, 2.05) is 43.6 Å². The fraction of sp³-hybridized carbons (Fsp3) is 0.125. The quantitative estimate of drug-likeness (QED) is 0.779. The van der Waals surface area contributed by atoms with Crippen LogP contribution in [0, 0.1) is 0 Å². The number of rotatable bonds is 5. The predicted octanol–water partition coefficient (Wildman–Crippen LogP) is 3.44. The maximum absolute atomic E-state index is 5.44. The number of H-pyrrole nitrogens is 1. The van der Waals surface area contributed by atoms with E-state index in [1.54, 1.807) is 17.1 Å². The third-order valence-corrected chi connectivity index (χ3v) is 3.11. The first-order valence-electron chi connectivity index (χ1n) is 6.75. The van der Waals surface area contributed by atoms with Gasteiger partial charge < -0.3 is 9.72 Å². The molecule has 0 unspecified atom stereocenters. The number of nitrogens with one attached hydrogen (secondary N) is 1. The molecule has 5 nitrogen and oxygen atoms in total. The van der Waals surface area contributed by atoms with Crippen molar-refractivity contribution in [2.45, 2.75) is 6.92 Å². The fourth-order valence-corrected chi connectivity index (χ4v) is 2.07. The van der Waals surface area contributed by atoms with Crippen molar-refractivity contribution in [3.8, 4) is 28.4 Å². The van der Waals surface area contributed by atoms with Crippen LogP contribution in [0.25, 0.3) is 28.8 Å². The monoisotopic (exact) mass is 280 g/mol. The highest BCUT2D eigenvalue weighted by Crippen LogP contribution is 2.23. The number of ether oxygens (including phenoxy) is 1. The van der Waals surface area contributed by atoms with Crippen LogP contribution in [0.3, 0.4) is 0 Å². The molecule has 0 radical (unpaired) electrons. The molecule has 2 heterocycles. The normalized spacial score (nSPS) is 10.5. The number of benzene rings is 1. The maximum atomic E-state index is 5.44. The molecule has 0 saturated carbocycles. The van der Waals surface area contributed by atoms with E-state index in [0.29, 0.717) is 6.61 Å². The van der Waals surface area contributed by atoms with Gasteiger partial charge in [-0.25, -0.2) is 9.67 Å². The molecule has 106 valence electrons. The smallest absolute Gasteiger partial charge is 0.140 e. The van der Waals surface area contributed by atoms with Gasteiger partial charge in [-0.1, -0.05) is 6.58 Å². The zero-order valence-electron chi connectivity index (χ0n) is 11.8. The van der Waals surface area contributed by atoms with Crippen molar-refractivity contribution in [1.29, 1.82) is 0 Å². The number of aromatic amines is 1. The zero-order chi connectivity index (χ0) is 14.7. The highest BCUT2D eigenvalue weighted by molar-refractivity contribution is 5.64. The van der Waals surface area contributed by atoms with Gasteiger partial charge in [0.2, 0.25) is 0 Å². The minimum Gasteiger partial charge on any atom is -0.494 e. The SMILES string of the molecule is C=Cn1cc(-c2ncc(-c3ccc(OCC)cc3)[nH]2)cn1. The maximum Gasteiger partial charge on any atom is 0.140 e. The molecular weight excluding hydrogens is 264 g/mol. The number of hydrogen-bond acceptors (Lipinski definition) is 3. The third-order valence-electron chi connectivity index (χ3n) is 3.11. The molecule has 0 bridgehead atoms. The molecule has 1 N–H and O–H groups in total. The molecule has 0 amide bonds. The molecule has 21 heavy (non-hydrogen) atoms. The molecule has 5 heteroatoms. The van der Waals surface area contributed by atoms with Gasteiger partial charge in [0.15, 0.2) is 0 Å². The highest BCUT2D eigenvalue weighted by Gasteiger charge is 2.07. The Labute approximate surface area is 122 Å². The van der Waals surface area contributed by atoms with Gasteiger partial charge >= 0.3 is 0 Å². The van der Waals surface area contributed by atoms with Crippen molar-refractivity contribution < 1.29 is 4.74 Å². The van der Waals surface area contributed by atoms with Crippen LogP contribution in [0.5, 0.6) is 5.75 Å². The number of imidazole rings is 1. The largest absolute Gasteiger partial charge is 0.494 e. The highest BCUT2D eigenvalue weighted by atomic mass is 16.5. The van der Waals surface area contributed by atoms with Crippen LogP contribution >= 0.6 is 0 Å². The van der Waals surface area contributed by atoms with Gasteiger partial charge in [-0.05, 0) is 36.8 Å². The predicted molar refractivity (Wildman–Crippen MR) is 82.8 cm³/mol. The Morgan fingerprint density at radius 3 is 2.71 bits per heavy atom. The van der Waals surface area contributed by atoms with Gasteiger partial charge in [-0.3, -0.25) is 0 Å². The first kappa shape index (κ1) is 13.2. The van der Waals surface area contributed by atoms with Crippen molar-refractivity contribution in [2.75, 3.05) is 6.61 Å². The molecule has 0 saturated heterocycles. The fourth-order valence-electron chi connectivity index (χ4n) is 2.07. The van der Waals surface area contributed by atoms with Crippen molar-refractivity contribution in [3.05, 3.63) is 49.4 Å².